The van der Waals surface area contributed by atoms with Crippen LogP contribution in [0.25, 0.3) is 0 Å². The maximum absolute atomic E-state index is 14.0. The number of halogens is 3. The Balaban J connectivity index is 2.02. The van der Waals surface area contributed by atoms with E-state index in [1.165, 1.54) is 27.8 Å². The van der Waals surface area contributed by atoms with Gasteiger partial charge < -0.3 is 0 Å². The van der Waals surface area contributed by atoms with Gasteiger partial charge >= 0.3 is 0 Å². The zero-order valence-electron chi connectivity index (χ0n) is 9.80. The van der Waals surface area contributed by atoms with Crippen molar-refractivity contribution in [1.82, 2.24) is 0 Å². The average molecular weight is 360 g/mol. The number of fused-ring (bicyclic) bond motifs is 1. The van der Waals surface area contributed by atoms with Gasteiger partial charge in [0.25, 0.3) is 0 Å². The fourth-order valence-corrected chi connectivity index (χ4v) is 3.95. The van der Waals surface area contributed by atoms with Crippen molar-refractivity contribution in [3.8, 4) is 0 Å². The van der Waals surface area contributed by atoms with Crippen molar-refractivity contribution in [3.63, 3.8) is 0 Å². The first-order chi connectivity index (χ1) is 9.08. The molecule has 0 bridgehead atoms. The van der Waals surface area contributed by atoms with Gasteiger partial charge in [-0.1, -0.05) is 11.6 Å². The zero-order valence-corrected chi connectivity index (χ0v) is 13.0. The minimum atomic E-state index is -0.658. The zero-order chi connectivity index (χ0) is 13.6. The molecule has 3 rings (SSSR count). The lowest BCUT2D eigenvalue weighted by Gasteiger charge is -2.04. The number of hydrogen-bond donors (Lipinski definition) is 0. The van der Waals surface area contributed by atoms with Crippen molar-refractivity contribution in [1.29, 1.82) is 0 Å². The third kappa shape index (κ3) is 2.26. The maximum Gasteiger partial charge on any atom is 0.205 e. The molecule has 1 aromatic heterocycles. The molecule has 1 aliphatic rings. The number of carbonyl (C=O) groups excluding carboxylic acids is 1. The SMILES string of the molecule is O=C(c1cc2c(s1)CCC2)c1ccc(Br)c(Cl)c1F. The van der Waals surface area contributed by atoms with E-state index in [-0.39, 0.29) is 16.4 Å². The molecule has 1 aliphatic carbocycles. The molecule has 0 amide bonds. The molecule has 0 unspecified atom stereocenters. The van der Waals surface area contributed by atoms with Crippen LogP contribution in [0.15, 0.2) is 22.7 Å². The van der Waals surface area contributed by atoms with Gasteiger partial charge in [0.15, 0.2) is 5.82 Å². The highest BCUT2D eigenvalue weighted by atomic mass is 79.9. The summed E-state index contributed by atoms with van der Waals surface area (Å²) in [5, 5.41) is -0.0463. The summed E-state index contributed by atoms with van der Waals surface area (Å²) < 4.78 is 14.5. The van der Waals surface area contributed by atoms with Gasteiger partial charge in [-0.3, -0.25) is 4.79 Å². The van der Waals surface area contributed by atoms with Gasteiger partial charge in [0.05, 0.1) is 15.5 Å². The fourth-order valence-electron chi connectivity index (χ4n) is 2.27. The predicted octanol–water partition coefficient (Wildman–Crippen LogP) is 5.02. The van der Waals surface area contributed by atoms with Gasteiger partial charge in [0, 0.05) is 9.35 Å². The molecule has 0 radical (unpaired) electrons. The number of hydrogen-bond acceptors (Lipinski definition) is 2. The Bertz CT molecular complexity index is 659. The van der Waals surface area contributed by atoms with Crippen LogP contribution >= 0.6 is 38.9 Å². The Labute approximate surface area is 127 Å². The first-order valence-corrected chi connectivity index (χ1v) is 7.86. The number of benzene rings is 1. The van der Waals surface area contributed by atoms with E-state index < -0.39 is 5.82 Å². The lowest BCUT2D eigenvalue weighted by atomic mass is 10.1. The third-order valence-corrected chi connectivity index (χ3v) is 5.74. The van der Waals surface area contributed by atoms with Crippen molar-refractivity contribution in [2.45, 2.75) is 19.3 Å². The van der Waals surface area contributed by atoms with Crippen LogP contribution in [0.5, 0.6) is 0 Å². The molecule has 0 N–H and O–H groups in total. The quantitative estimate of drug-likeness (QED) is 0.543. The molecule has 19 heavy (non-hydrogen) atoms. The number of rotatable bonds is 2. The van der Waals surface area contributed by atoms with Crippen LogP contribution in [0.3, 0.4) is 0 Å². The van der Waals surface area contributed by atoms with Gasteiger partial charge in [0.2, 0.25) is 5.78 Å². The molecule has 0 atom stereocenters. The molecule has 1 heterocycles. The van der Waals surface area contributed by atoms with Gasteiger partial charge in [-0.2, -0.15) is 0 Å². The lowest BCUT2D eigenvalue weighted by molar-refractivity contribution is 0.103. The van der Waals surface area contributed by atoms with Gasteiger partial charge in [-0.25, -0.2) is 4.39 Å². The summed E-state index contributed by atoms with van der Waals surface area (Å²) in [6, 6.07) is 4.96. The predicted molar refractivity (Wildman–Crippen MR) is 78.9 cm³/mol. The summed E-state index contributed by atoms with van der Waals surface area (Å²) in [6.45, 7) is 0. The Morgan fingerprint density at radius 1 is 1.37 bits per heavy atom. The van der Waals surface area contributed by atoms with Crippen molar-refractivity contribution < 1.29 is 9.18 Å². The standard InChI is InChI=1S/C14H9BrClFOS/c15-9-5-4-8(13(17)12(9)16)14(18)11-6-7-2-1-3-10(7)19-11/h4-6H,1-3H2. The normalized spacial score (nSPS) is 13.6. The van der Waals surface area contributed by atoms with Crippen LogP contribution in [-0.4, -0.2) is 5.78 Å². The highest BCUT2D eigenvalue weighted by molar-refractivity contribution is 9.10. The van der Waals surface area contributed by atoms with Crippen molar-refractivity contribution in [3.05, 3.63) is 54.4 Å². The summed E-state index contributed by atoms with van der Waals surface area (Å²) in [6.07, 6.45) is 3.19. The molecule has 0 fully saturated rings. The molecule has 2 aromatic rings. The molecular formula is C14H9BrClFOS. The maximum atomic E-state index is 14.0. The summed E-state index contributed by atoms with van der Waals surface area (Å²) in [4.78, 5) is 14.2. The largest absolute Gasteiger partial charge is 0.288 e. The van der Waals surface area contributed by atoms with Crippen molar-refractivity contribution in [2.24, 2.45) is 0 Å². The Morgan fingerprint density at radius 2 is 2.16 bits per heavy atom. The monoisotopic (exact) mass is 358 g/mol. The molecule has 0 saturated carbocycles. The molecule has 1 nitrogen and oxygen atoms in total. The highest BCUT2D eigenvalue weighted by Gasteiger charge is 2.22. The number of carbonyl (C=O) groups is 1. The smallest absolute Gasteiger partial charge is 0.205 e. The molecule has 0 saturated heterocycles. The van der Waals surface area contributed by atoms with E-state index in [1.807, 2.05) is 6.07 Å². The van der Waals surface area contributed by atoms with Crippen LogP contribution in [0.4, 0.5) is 4.39 Å². The van der Waals surface area contributed by atoms with E-state index in [1.54, 1.807) is 6.07 Å². The molecular weight excluding hydrogens is 351 g/mol. The second-order valence-electron chi connectivity index (χ2n) is 4.46. The second-order valence-corrected chi connectivity index (χ2v) is 6.83. The number of ketones is 1. The van der Waals surface area contributed by atoms with E-state index in [9.17, 15) is 9.18 Å². The number of thiophene rings is 1. The summed E-state index contributed by atoms with van der Waals surface area (Å²) in [5.74, 6) is -0.944. The van der Waals surface area contributed by atoms with Crippen LogP contribution in [0, 0.1) is 5.82 Å². The summed E-state index contributed by atoms with van der Waals surface area (Å²) >= 11 is 10.4. The van der Waals surface area contributed by atoms with Crippen molar-refractivity contribution >= 4 is 44.7 Å². The highest BCUT2D eigenvalue weighted by Crippen LogP contribution is 2.34. The van der Waals surface area contributed by atoms with E-state index in [4.69, 9.17) is 11.6 Å². The third-order valence-electron chi connectivity index (χ3n) is 3.25. The minimum Gasteiger partial charge on any atom is -0.288 e. The topological polar surface area (TPSA) is 17.1 Å². The lowest BCUT2D eigenvalue weighted by Crippen LogP contribution is -2.03. The van der Waals surface area contributed by atoms with E-state index in [0.29, 0.717) is 9.35 Å². The van der Waals surface area contributed by atoms with E-state index >= 15 is 0 Å². The Morgan fingerprint density at radius 3 is 2.89 bits per heavy atom. The molecule has 1 aromatic carbocycles. The first-order valence-electron chi connectivity index (χ1n) is 5.87. The molecule has 0 aliphatic heterocycles. The fraction of sp³-hybridized carbons (Fsp3) is 0.214. The molecule has 98 valence electrons. The van der Waals surface area contributed by atoms with Gasteiger partial charge in [-0.15, -0.1) is 11.3 Å². The number of aryl methyl sites for hydroxylation is 2. The van der Waals surface area contributed by atoms with Crippen LogP contribution < -0.4 is 0 Å². The van der Waals surface area contributed by atoms with Gasteiger partial charge in [0.1, 0.15) is 0 Å². The molecule has 5 heteroatoms. The van der Waals surface area contributed by atoms with E-state index in [0.717, 1.165) is 19.3 Å². The summed E-state index contributed by atoms with van der Waals surface area (Å²) in [5.41, 5.74) is 1.27. The molecule has 0 spiro atoms. The van der Waals surface area contributed by atoms with Crippen LogP contribution in [0.2, 0.25) is 5.02 Å². The van der Waals surface area contributed by atoms with Crippen molar-refractivity contribution in [2.75, 3.05) is 0 Å². The average Bonchev–Trinajstić information content (AvgIpc) is 2.96. The van der Waals surface area contributed by atoms with E-state index in [2.05, 4.69) is 15.9 Å². The van der Waals surface area contributed by atoms with Gasteiger partial charge in [-0.05, 0) is 59.0 Å². The minimum absolute atomic E-state index is 0.0353. The van der Waals surface area contributed by atoms with Crippen LogP contribution in [0.1, 0.15) is 32.1 Å². The summed E-state index contributed by atoms with van der Waals surface area (Å²) in [7, 11) is 0. The second kappa shape index (κ2) is 5.00. The van der Waals surface area contributed by atoms with Crippen LogP contribution in [-0.2, 0) is 12.8 Å². The Kier molecular flexibility index (Phi) is 3.50. The first kappa shape index (κ1) is 13.3. The Hall–Kier alpha value is -0.710.